The molecule has 0 radical (unpaired) electrons. The number of carbonyl (C=O) groups excluding carboxylic acids is 1. The molecule has 0 aromatic heterocycles. The summed E-state index contributed by atoms with van der Waals surface area (Å²) in [7, 11) is 0. The van der Waals surface area contributed by atoms with Gasteiger partial charge in [0.1, 0.15) is 12.6 Å². The molecule has 16 heavy (non-hydrogen) atoms. The van der Waals surface area contributed by atoms with Gasteiger partial charge in [0.2, 0.25) is 0 Å². The number of carbonyl (C=O) groups is 1. The van der Waals surface area contributed by atoms with Gasteiger partial charge in [-0.25, -0.2) is 0 Å². The van der Waals surface area contributed by atoms with Crippen molar-refractivity contribution in [3.05, 3.63) is 0 Å². The molecule has 3 nitrogen and oxygen atoms in total. The van der Waals surface area contributed by atoms with Crippen molar-refractivity contribution in [2.75, 3.05) is 20.0 Å². The Hall–Kier alpha value is -0.410. The molecule has 0 aromatic rings. The van der Waals surface area contributed by atoms with Crippen molar-refractivity contribution in [3.63, 3.8) is 0 Å². The highest BCUT2D eigenvalue weighted by molar-refractivity contribution is 5.80. The zero-order chi connectivity index (χ0) is 12.0. The zero-order valence-electron chi connectivity index (χ0n) is 10.8. The van der Waals surface area contributed by atoms with Crippen molar-refractivity contribution in [2.24, 2.45) is 11.3 Å². The first-order chi connectivity index (χ1) is 7.59. The van der Waals surface area contributed by atoms with Crippen molar-refractivity contribution >= 4 is 5.78 Å². The fourth-order valence-corrected chi connectivity index (χ4v) is 2.07. The average molecular weight is 228 g/mol. The quantitative estimate of drug-likeness (QED) is 0.701. The zero-order valence-corrected chi connectivity index (χ0v) is 10.8. The number of ether oxygens (including phenoxy) is 2. The van der Waals surface area contributed by atoms with Crippen LogP contribution in [0, 0.1) is 11.3 Å². The molecule has 0 saturated carbocycles. The molecule has 0 aliphatic carbocycles. The lowest BCUT2D eigenvalue weighted by Crippen LogP contribution is -2.37. The summed E-state index contributed by atoms with van der Waals surface area (Å²) >= 11 is 0. The van der Waals surface area contributed by atoms with Crippen LogP contribution in [0.1, 0.15) is 46.5 Å². The first-order valence-corrected chi connectivity index (χ1v) is 6.28. The molecule has 0 unspecified atom stereocenters. The van der Waals surface area contributed by atoms with E-state index in [0.29, 0.717) is 19.0 Å². The van der Waals surface area contributed by atoms with Gasteiger partial charge in [-0.3, -0.25) is 4.79 Å². The summed E-state index contributed by atoms with van der Waals surface area (Å²) in [5.41, 5.74) is 0.148. The SMILES string of the molecule is CCC1(CCCC(=O)C(C)C)COCOC1. The first kappa shape index (κ1) is 13.7. The largest absolute Gasteiger partial charge is 0.355 e. The second-order valence-corrected chi connectivity index (χ2v) is 5.14. The molecule has 0 N–H and O–H groups in total. The first-order valence-electron chi connectivity index (χ1n) is 6.28. The molecule has 1 fully saturated rings. The number of rotatable bonds is 6. The lowest BCUT2D eigenvalue weighted by atomic mass is 9.81. The smallest absolute Gasteiger partial charge is 0.146 e. The number of ketones is 1. The Morgan fingerprint density at radius 3 is 2.44 bits per heavy atom. The molecule has 3 heteroatoms. The minimum absolute atomic E-state index is 0.148. The highest BCUT2D eigenvalue weighted by atomic mass is 16.7. The van der Waals surface area contributed by atoms with E-state index in [1.807, 2.05) is 13.8 Å². The summed E-state index contributed by atoms with van der Waals surface area (Å²) in [6.45, 7) is 8.07. The van der Waals surface area contributed by atoms with Gasteiger partial charge in [0, 0.05) is 17.8 Å². The Morgan fingerprint density at radius 2 is 1.94 bits per heavy atom. The molecule has 0 atom stereocenters. The Morgan fingerprint density at radius 1 is 1.31 bits per heavy atom. The van der Waals surface area contributed by atoms with Crippen LogP contribution < -0.4 is 0 Å². The molecule has 0 aromatic carbocycles. The normalized spacial score (nSPS) is 20.0. The third-order valence-corrected chi connectivity index (χ3v) is 3.51. The van der Waals surface area contributed by atoms with Gasteiger partial charge < -0.3 is 9.47 Å². The van der Waals surface area contributed by atoms with Gasteiger partial charge in [-0.1, -0.05) is 20.8 Å². The molecule has 1 aliphatic heterocycles. The van der Waals surface area contributed by atoms with E-state index in [-0.39, 0.29) is 11.3 Å². The van der Waals surface area contributed by atoms with Crippen molar-refractivity contribution in [3.8, 4) is 0 Å². The van der Waals surface area contributed by atoms with Gasteiger partial charge in [0.15, 0.2) is 0 Å². The predicted octanol–water partition coefficient (Wildman–Crippen LogP) is 2.78. The van der Waals surface area contributed by atoms with Crippen LogP contribution in [0.5, 0.6) is 0 Å². The Kier molecular flexibility index (Phi) is 5.42. The standard InChI is InChI=1S/C13H24O3/c1-4-13(8-15-10-16-9-13)7-5-6-12(14)11(2)3/h11H,4-10H2,1-3H3. The molecule has 1 saturated heterocycles. The number of hydrogen-bond donors (Lipinski definition) is 0. The van der Waals surface area contributed by atoms with E-state index in [1.165, 1.54) is 0 Å². The second kappa shape index (κ2) is 6.36. The lowest BCUT2D eigenvalue weighted by molar-refractivity contribution is -0.168. The topological polar surface area (TPSA) is 35.5 Å². The number of hydrogen-bond acceptors (Lipinski definition) is 3. The molecule has 1 heterocycles. The predicted molar refractivity (Wildman–Crippen MR) is 63.2 cm³/mol. The van der Waals surface area contributed by atoms with E-state index >= 15 is 0 Å². The van der Waals surface area contributed by atoms with Crippen molar-refractivity contribution in [1.82, 2.24) is 0 Å². The monoisotopic (exact) mass is 228 g/mol. The molecular weight excluding hydrogens is 204 g/mol. The fraction of sp³-hybridized carbons (Fsp3) is 0.923. The molecule has 1 rings (SSSR count). The minimum atomic E-state index is 0.148. The van der Waals surface area contributed by atoms with Crippen molar-refractivity contribution in [1.29, 1.82) is 0 Å². The van der Waals surface area contributed by atoms with Gasteiger partial charge in [-0.2, -0.15) is 0 Å². The van der Waals surface area contributed by atoms with Gasteiger partial charge in [0.05, 0.1) is 13.2 Å². The highest BCUT2D eigenvalue weighted by Crippen LogP contribution is 2.32. The van der Waals surface area contributed by atoms with E-state index < -0.39 is 0 Å². The number of Topliss-reactive ketones (excluding diaryl/α,β-unsaturated/α-hetero) is 1. The maximum atomic E-state index is 11.5. The van der Waals surface area contributed by atoms with Crippen LogP contribution in [0.15, 0.2) is 0 Å². The maximum absolute atomic E-state index is 11.5. The second-order valence-electron chi connectivity index (χ2n) is 5.14. The van der Waals surface area contributed by atoms with Crippen molar-refractivity contribution in [2.45, 2.75) is 46.5 Å². The Labute approximate surface area is 98.5 Å². The summed E-state index contributed by atoms with van der Waals surface area (Å²) in [5, 5.41) is 0. The molecule has 0 amide bonds. The van der Waals surface area contributed by atoms with Crippen LogP contribution in [-0.4, -0.2) is 25.8 Å². The molecule has 0 spiro atoms. The van der Waals surface area contributed by atoms with Crippen LogP contribution in [0.4, 0.5) is 0 Å². The highest BCUT2D eigenvalue weighted by Gasteiger charge is 2.31. The van der Waals surface area contributed by atoms with Crippen LogP contribution in [0.3, 0.4) is 0 Å². The van der Waals surface area contributed by atoms with Crippen molar-refractivity contribution < 1.29 is 14.3 Å². The minimum Gasteiger partial charge on any atom is -0.355 e. The molecule has 0 bridgehead atoms. The van der Waals surface area contributed by atoms with E-state index in [0.717, 1.165) is 32.5 Å². The van der Waals surface area contributed by atoms with E-state index in [1.54, 1.807) is 0 Å². The Balaban J connectivity index is 2.31. The van der Waals surface area contributed by atoms with Gasteiger partial charge in [-0.15, -0.1) is 0 Å². The van der Waals surface area contributed by atoms with E-state index in [9.17, 15) is 4.79 Å². The van der Waals surface area contributed by atoms with Gasteiger partial charge in [-0.05, 0) is 19.3 Å². The van der Waals surface area contributed by atoms with Crippen LogP contribution in [0.2, 0.25) is 0 Å². The van der Waals surface area contributed by atoms with Gasteiger partial charge >= 0.3 is 0 Å². The van der Waals surface area contributed by atoms with Crippen LogP contribution in [0.25, 0.3) is 0 Å². The molecular formula is C13H24O3. The fourth-order valence-electron chi connectivity index (χ4n) is 2.07. The van der Waals surface area contributed by atoms with E-state index in [2.05, 4.69) is 6.92 Å². The summed E-state index contributed by atoms with van der Waals surface area (Å²) in [5.74, 6) is 0.528. The Bertz CT molecular complexity index is 217. The summed E-state index contributed by atoms with van der Waals surface area (Å²) in [4.78, 5) is 11.5. The summed E-state index contributed by atoms with van der Waals surface area (Å²) in [6, 6.07) is 0. The van der Waals surface area contributed by atoms with Gasteiger partial charge in [0.25, 0.3) is 0 Å². The third-order valence-electron chi connectivity index (χ3n) is 3.51. The average Bonchev–Trinajstić information content (AvgIpc) is 2.30. The maximum Gasteiger partial charge on any atom is 0.146 e. The summed E-state index contributed by atoms with van der Waals surface area (Å²) in [6.07, 6.45) is 3.74. The summed E-state index contributed by atoms with van der Waals surface area (Å²) < 4.78 is 10.7. The lowest BCUT2D eigenvalue weighted by Gasteiger charge is -2.36. The molecule has 94 valence electrons. The van der Waals surface area contributed by atoms with Crippen LogP contribution >= 0.6 is 0 Å². The molecule has 1 aliphatic rings. The third kappa shape index (κ3) is 3.87. The van der Waals surface area contributed by atoms with Crippen LogP contribution in [-0.2, 0) is 14.3 Å². The van der Waals surface area contributed by atoms with E-state index in [4.69, 9.17) is 9.47 Å².